The van der Waals surface area contributed by atoms with Crippen LogP contribution in [0.5, 0.6) is 5.75 Å². The SMILES string of the molecule is O=S1(=O)C(COc2ccc(F)cc2)=Cc2cc(F)ccc21. The van der Waals surface area contributed by atoms with Gasteiger partial charge < -0.3 is 4.74 Å². The predicted octanol–water partition coefficient (Wildman–Crippen LogP) is 3.17. The number of sulfone groups is 1. The molecule has 0 amide bonds. The van der Waals surface area contributed by atoms with Gasteiger partial charge in [-0.3, -0.25) is 0 Å². The predicted molar refractivity (Wildman–Crippen MR) is 73.5 cm³/mol. The number of halogens is 2. The normalized spacial score (nSPS) is 15.4. The van der Waals surface area contributed by atoms with Crippen LogP contribution >= 0.6 is 0 Å². The molecule has 0 saturated heterocycles. The quantitative estimate of drug-likeness (QED) is 0.818. The zero-order valence-electron chi connectivity index (χ0n) is 10.7. The molecular formula is C15H10F2O3S. The first-order chi connectivity index (χ1) is 9.96. The van der Waals surface area contributed by atoms with E-state index in [-0.39, 0.29) is 16.4 Å². The van der Waals surface area contributed by atoms with E-state index in [1.807, 2.05) is 0 Å². The van der Waals surface area contributed by atoms with Crippen molar-refractivity contribution in [1.29, 1.82) is 0 Å². The van der Waals surface area contributed by atoms with Crippen molar-refractivity contribution in [3.05, 3.63) is 64.6 Å². The van der Waals surface area contributed by atoms with E-state index in [0.29, 0.717) is 11.3 Å². The van der Waals surface area contributed by atoms with Gasteiger partial charge in [-0.25, -0.2) is 17.2 Å². The molecule has 1 aliphatic heterocycles. The van der Waals surface area contributed by atoms with Gasteiger partial charge in [0.05, 0.1) is 9.80 Å². The van der Waals surface area contributed by atoms with Gasteiger partial charge in [0.1, 0.15) is 24.0 Å². The highest BCUT2D eigenvalue weighted by molar-refractivity contribution is 7.95. The Kier molecular flexibility index (Phi) is 3.25. The molecule has 1 aliphatic rings. The second kappa shape index (κ2) is 4.96. The van der Waals surface area contributed by atoms with Crippen LogP contribution in [0, 0.1) is 11.6 Å². The lowest BCUT2D eigenvalue weighted by Crippen LogP contribution is -2.09. The molecule has 6 heteroatoms. The smallest absolute Gasteiger partial charge is 0.206 e. The van der Waals surface area contributed by atoms with Crippen LogP contribution in [-0.4, -0.2) is 15.0 Å². The summed E-state index contributed by atoms with van der Waals surface area (Å²) in [6.07, 6.45) is 1.39. The van der Waals surface area contributed by atoms with Crippen LogP contribution in [0.25, 0.3) is 6.08 Å². The Morgan fingerprint density at radius 2 is 1.62 bits per heavy atom. The number of hydrogen-bond acceptors (Lipinski definition) is 3. The molecule has 0 radical (unpaired) electrons. The van der Waals surface area contributed by atoms with Crippen LogP contribution in [0.3, 0.4) is 0 Å². The van der Waals surface area contributed by atoms with E-state index in [1.165, 1.54) is 36.4 Å². The highest BCUT2D eigenvalue weighted by atomic mass is 32.2. The van der Waals surface area contributed by atoms with Crippen molar-refractivity contribution < 1.29 is 21.9 Å². The first-order valence-corrected chi connectivity index (χ1v) is 7.59. The largest absolute Gasteiger partial charge is 0.488 e. The molecule has 0 N–H and O–H groups in total. The Hall–Kier alpha value is -2.21. The van der Waals surface area contributed by atoms with E-state index in [9.17, 15) is 17.2 Å². The number of rotatable bonds is 3. The van der Waals surface area contributed by atoms with Crippen molar-refractivity contribution in [2.75, 3.05) is 6.61 Å². The Morgan fingerprint density at radius 3 is 2.33 bits per heavy atom. The van der Waals surface area contributed by atoms with Gasteiger partial charge in [0.2, 0.25) is 9.84 Å². The maximum atomic E-state index is 13.1. The van der Waals surface area contributed by atoms with Gasteiger partial charge in [-0.05, 0) is 54.1 Å². The van der Waals surface area contributed by atoms with Crippen LogP contribution in [0.1, 0.15) is 5.56 Å². The Bertz CT molecular complexity index is 824. The van der Waals surface area contributed by atoms with Crippen LogP contribution in [0.15, 0.2) is 52.3 Å². The second-order valence-corrected chi connectivity index (χ2v) is 6.51. The molecule has 0 aliphatic carbocycles. The second-order valence-electron chi connectivity index (χ2n) is 4.54. The lowest BCUT2D eigenvalue weighted by molar-refractivity contribution is 0.358. The van der Waals surface area contributed by atoms with Crippen molar-refractivity contribution in [3.8, 4) is 5.75 Å². The molecule has 2 aromatic rings. The molecule has 1 heterocycles. The summed E-state index contributed by atoms with van der Waals surface area (Å²) in [4.78, 5) is 0.119. The van der Waals surface area contributed by atoms with Gasteiger partial charge in [0.15, 0.2) is 0 Å². The van der Waals surface area contributed by atoms with Crippen LogP contribution in [0.4, 0.5) is 8.78 Å². The molecule has 21 heavy (non-hydrogen) atoms. The van der Waals surface area contributed by atoms with E-state index in [0.717, 1.165) is 12.1 Å². The topological polar surface area (TPSA) is 43.4 Å². The minimum Gasteiger partial charge on any atom is -0.488 e. The first kappa shape index (κ1) is 13.8. The van der Waals surface area contributed by atoms with Gasteiger partial charge in [-0.2, -0.15) is 0 Å². The molecule has 0 fully saturated rings. The average molecular weight is 308 g/mol. The fraction of sp³-hybridized carbons (Fsp3) is 0.0667. The number of hydrogen-bond donors (Lipinski definition) is 0. The van der Waals surface area contributed by atoms with E-state index in [4.69, 9.17) is 4.74 Å². The summed E-state index contributed by atoms with van der Waals surface area (Å²) in [5.74, 6) is -0.548. The molecule has 2 aromatic carbocycles. The molecule has 0 spiro atoms. The third-order valence-corrected chi connectivity index (χ3v) is 4.99. The number of fused-ring (bicyclic) bond motifs is 1. The minimum atomic E-state index is -3.65. The van der Waals surface area contributed by atoms with Gasteiger partial charge in [-0.15, -0.1) is 0 Å². The lowest BCUT2D eigenvalue weighted by atomic mass is 10.2. The van der Waals surface area contributed by atoms with Crippen molar-refractivity contribution in [2.24, 2.45) is 0 Å². The summed E-state index contributed by atoms with van der Waals surface area (Å²) in [5, 5.41) is 0. The summed E-state index contributed by atoms with van der Waals surface area (Å²) >= 11 is 0. The number of benzene rings is 2. The van der Waals surface area contributed by atoms with E-state index in [1.54, 1.807) is 0 Å². The van der Waals surface area contributed by atoms with Gasteiger partial charge in [0.25, 0.3) is 0 Å². The van der Waals surface area contributed by atoms with Crippen molar-refractivity contribution in [2.45, 2.75) is 4.90 Å². The van der Waals surface area contributed by atoms with Gasteiger partial charge in [-0.1, -0.05) is 0 Å². The van der Waals surface area contributed by atoms with Crippen molar-refractivity contribution in [3.63, 3.8) is 0 Å². The molecule has 0 atom stereocenters. The van der Waals surface area contributed by atoms with Gasteiger partial charge >= 0.3 is 0 Å². The Labute approximate surface area is 120 Å². The third kappa shape index (κ3) is 2.54. The molecule has 3 rings (SSSR count). The fourth-order valence-electron chi connectivity index (χ4n) is 2.07. The standard InChI is InChI=1S/C15H10F2O3S/c16-11-1-4-13(5-2-11)20-9-14-8-10-7-12(17)3-6-15(10)21(14,18)19/h1-8H,9H2. The molecule has 0 saturated carbocycles. The van der Waals surface area contributed by atoms with E-state index >= 15 is 0 Å². The zero-order chi connectivity index (χ0) is 15.0. The highest BCUT2D eigenvalue weighted by Crippen LogP contribution is 2.33. The fourth-order valence-corrected chi connectivity index (χ4v) is 3.53. The molecule has 0 unspecified atom stereocenters. The summed E-state index contributed by atoms with van der Waals surface area (Å²) < 4.78 is 55.7. The Morgan fingerprint density at radius 1 is 0.952 bits per heavy atom. The Balaban J connectivity index is 1.84. The maximum absolute atomic E-state index is 13.1. The van der Waals surface area contributed by atoms with E-state index < -0.39 is 21.5 Å². The van der Waals surface area contributed by atoms with E-state index in [2.05, 4.69) is 0 Å². The molecule has 108 valence electrons. The molecular weight excluding hydrogens is 298 g/mol. The summed E-state index contributed by atoms with van der Waals surface area (Å²) in [6, 6.07) is 8.76. The maximum Gasteiger partial charge on any atom is 0.206 e. The number of ether oxygens (including phenoxy) is 1. The monoisotopic (exact) mass is 308 g/mol. The van der Waals surface area contributed by atoms with Crippen LogP contribution in [-0.2, 0) is 9.84 Å². The molecule has 0 aromatic heterocycles. The summed E-state index contributed by atoms with van der Waals surface area (Å²) in [5.41, 5.74) is 0.313. The van der Waals surface area contributed by atoms with Crippen LogP contribution < -0.4 is 4.74 Å². The van der Waals surface area contributed by atoms with Crippen molar-refractivity contribution >= 4 is 15.9 Å². The zero-order valence-corrected chi connectivity index (χ0v) is 11.5. The minimum absolute atomic E-state index is 0.0485. The average Bonchev–Trinajstić information content (AvgIpc) is 2.69. The molecule has 0 bridgehead atoms. The summed E-state index contributed by atoms with van der Waals surface area (Å²) in [7, 11) is -3.65. The first-order valence-electron chi connectivity index (χ1n) is 6.10. The summed E-state index contributed by atoms with van der Waals surface area (Å²) in [6.45, 7) is -0.190. The van der Waals surface area contributed by atoms with Gasteiger partial charge in [0, 0.05) is 0 Å². The highest BCUT2D eigenvalue weighted by Gasteiger charge is 2.30. The molecule has 3 nitrogen and oxygen atoms in total. The van der Waals surface area contributed by atoms with Crippen LogP contribution in [0.2, 0.25) is 0 Å². The third-order valence-electron chi connectivity index (χ3n) is 3.12. The lowest BCUT2D eigenvalue weighted by Gasteiger charge is -2.07. The van der Waals surface area contributed by atoms with Crippen molar-refractivity contribution in [1.82, 2.24) is 0 Å².